The molecule has 0 aliphatic rings. The Bertz CT molecular complexity index is 343. The van der Waals surface area contributed by atoms with E-state index in [1.807, 2.05) is 0 Å². The third-order valence-corrected chi connectivity index (χ3v) is 2.05. The standard InChI is InChI=1S/C9H10ClNO3/c10-6-3-1-2-5(4-6)8(12)7(11)9(13)14/h1-4,7-8,12H,11H2,(H,13,14)/t7-,8-/m0/s1. The lowest BCUT2D eigenvalue weighted by Crippen LogP contribution is -2.36. The van der Waals surface area contributed by atoms with Crippen molar-refractivity contribution in [1.82, 2.24) is 0 Å². The van der Waals surface area contributed by atoms with Crippen molar-refractivity contribution in [3.05, 3.63) is 34.9 Å². The lowest BCUT2D eigenvalue weighted by Gasteiger charge is -2.15. The molecule has 0 aromatic heterocycles. The van der Waals surface area contributed by atoms with Crippen LogP contribution in [-0.4, -0.2) is 22.2 Å². The summed E-state index contributed by atoms with van der Waals surface area (Å²) in [6, 6.07) is 4.96. The molecule has 1 aromatic rings. The van der Waals surface area contributed by atoms with Gasteiger partial charge in [0, 0.05) is 5.02 Å². The summed E-state index contributed by atoms with van der Waals surface area (Å²) in [7, 11) is 0. The predicted molar refractivity (Wildman–Crippen MR) is 52.0 cm³/mol. The van der Waals surface area contributed by atoms with E-state index < -0.39 is 18.1 Å². The maximum atomic E-state index is 10.5. The molecule has 0 bridgehead atoms. The number of carboxylic acids is 1. The van der Waals surface area contributed by atoms with Gasteiger partial charge in [0.2, 0.25) is 0 Å². The first-order valence-electron chi connectivity index (χ1n) is 3.94. The van der Waals surface area contributed by atoms with E-state index in [9.17, 15) is 9.90 Å². The van der Waals surface area contributed by atoms with Gasteiger partial charge in [-0.2, -0.15) is 0 Å². The Kier molecular flexibility index (Phi) is 3.46. The summed E-state index contributed by atoms with van der Waals surface area (Å²) in [4.78, 5) is 10.5. The molecule has 0 unspecified atom stereocenters. The van der Waals surface area contributed by atoms with Crippen molar-refractivity contribution in [2.24, 2.45) is 5.73 Å². The van der Waals surface area contributed by atoms with Crippen molar-refractivity contribution in [3.63, 3.8) is 0 Å². The molecule has 1 rings (SSSR count). The number of benzene rings is 1. The molecule has 14 heavy (non-hydrogen) atoms. The number of hydrogen-bond donors (Lipinski definition) is 3. The molecule has 4 N–H and O–H groups in total. The second-order valence-corrected chi connectivity index (χ2v) is 3.30. The molecule has 2 atom stereocenters. The number of aliphatic carboxylic acids is 1. The SMILES string of the molecule is N[C@H](C(=O)O)[C@@H](O)c1cccc(Cl)c1. The van der Waals surface area contributed by atoms with Crippen molar-refractivity contribution >= 4 is 17.6 Å². The number of rotatable bonds is 3. The fourth-order valence-corrected chi connectivity index (χ4v) is 1.23. The third kappa shape index (κ3) is 2.45. The second kappa shape index (κ2) is 4.41. The van der Waals surface area contributed by atoms with Crippen LogP contribution in [0.25, 0.3) is 0 Å². The molecule has 1 aromatic carbocycles. The molecular weight excluding hydrogens is 206 g/mol. The van der Waals surface area contributed by atoms with Crippen LogP contribution >= 0.6 is 11.6 Å². The van der Waals surface area contributed by atoms with Crippen molar-refractivity contribution in [2.45, 2.75) is 12.1 Å². The first kappa shape index (κ1) is 11.0. The van der Waals surface area contributed by atoms with Crippen LogP contribution in [0.4, 0.5) is 0 Å². The summed E-state index contributed by atoms with van der Waals surface area (Å²) in [5.41, 5.74) is 5.65. The van der Waals surface area contributed by atoms with Gasteiger partial charge in [-0.25, -0.2) is 0 Å². The first-order chi connectivity index (χ1) is 6.52. The van der Waals surface area contributed by atoms with E-state index in [-0.39, 0.29) is 0 Å². The van der Waals surface area contributed by atoms with Gasteiger partial charge in [0.1, 0.15) is 12.1 Å². The fourth-order valence-electron chi connectivity index (χ4n) is 1.03. The van der Waals surface area contributed by atoms with Gasteiger partial charge in [-0.1, -0.05) is 23.7 Å². The van der Waals surface area contributed by atoms with Crippen LogP contribution in [0.2, 0.25) is 5.02 Å². The molecule has 0 saturated heterocycles. The van der Waals surface area contributed by atoms with Gasteiger partial charge in [-0.05, 0) is 17.7 Å². The number of carboxylic acid groups (broad SMARTS) is 1. The van der Waals surface area contributed by atoms with Gasteiger partial charge < -0.3 is 15.9 Å². The molecule has 0 aliphatic carbocycles. The predicted octanol–water partition coefficient (Wildman–Crippen LogP) is 0.785. The Balaban J connectivity index is 2.89. The van der Waals surface area contributed by atoms with E-state index in [4.69, 9.17) is 22.4 Å². The monoisotopic (exact) mass is 215 g/mol. The van der Waals surface area contributed by atoms with E-state index in [2.05, 4.69) is 0 Å². The average Bonchev–Trinajstić information content (AvgIpc) is 2.15. The van der Waals surface area contributed by atoms with Crippen LogP contribution in [0.1, 0.15) is 11.7 Å². The zero-order valence-electron chi connectivity index (χ0n) is 7.22. The zero-order chi connectivity index (χ0) is 10.7. The molecule has 4 nitrogen and oxygen atoms in total. The highest BCUT2D eigenvalue weighted by molar-refractivity contribution is 6.30. The van der Waals surface area contributed by atoms with Crippen LogP contribution < -0.4 is 5.73 Å². The maximum Gasteiger partial charge on any atom is 0.323 e. The van der Waals surface area contributed by atoms with E-state index in [0.29, 0.717) is 10.6 Å². The van der Waals surface area contributed by atoms with Gasteiger partial charge in [0.05, 0.1) is 0 Å². The molecule has 0 amide bonds. The molecule has 5 heteroatoms. The minimum Gasteiger partial charge on any atom is -0.480 e. The molecule has 0 spiro atoms. The molecule has 0 fully saturated rings. The molecular formula is C9H10ClNO3. The second-order valence-electron chi connectivity index (χ2n) is 2.86. The number of hydrogen-bond acceptors (Lipinski definition) is 3. The largest absolute Gasteiger partial charge is 0.480 e. The van der Waals surface area contributed by atoms with E-state index in [1.54, 1.807) is 18.2 Å². The Morgan fingerprint density at radius 2 is 2.14 bits per heavy atom. The summed E-state index contributed by atoms with van der Waals surface area (Å²) in [5.74, 6) is -1.25. The smallest absolute Gasteiger partial charge is 0.323 e. The zero-order valence-corrected chi connectivity index (χ0v) is 7.98. The van der Waals surface area contributed by atoms with Gasteiger partial charge in [0.15, 0.2) is 0 Å². The number of halogens is 1. The number of aliphatic hydroxyl groups excluding tert-OH is 1. The lowest BCUT2D eigenvalue weighted by atomic mass is 10.0. The van der Waals surface area contributed by atoms with Gasteiger partial charge in [-0.15, -0.1) is 0 Å². The molecule has 0 aliphatic heterocycles. The normalized spacial score (nSPS) is 14.8. The Morgan fingerprint density at radius 1 is 1.50 bits per heavy atom. The van der Waals surface area contributed by atoms with E-state index in [1.165, 1.54) is 6.07 Å². The summed E-state index contributed by atoms with van der Waals surface area (Å²) >= 11 is 5.67. The fraction of sp³-hybridized carbons (Fsp3) is 0.222. The first-order valence-corrected chi connectivity index (χ1v) is 4.32. The molecule has 0 radical (unpaired) electrons. The van der Waals surface area contributed by atoms with Crippen molar-refractivity contribution < 1.29 is 15.0 Å². The lowest BCUT2D eigenvalue weighted by molar-refractivity contribution is -0.141. The Labute approximate surface area is 85.9 Å². The number of aliphatic hydroxyl groups is 1. The van der Waals surface area contributed by atoms with Gasteiger partial charge in [-0.3, -0.25) is 4.79 Å². The highest BCUT2D eigenvalue weighted by Gasteiger charge is 2.23. The quantitative estimate of drug-likeness (QED) is 0.696. The minimum atomic E-state index is -1.34. The van der Waals surface area contributed by atoms with Gasteiger partial charge in [0.25, 0.3) is 0 Å². The summed E-state index contributed by atoms with van der Waals surface area (Å²) in [5, 5.41) is 18.5. The Hall–Kier alpha value is -1.10. The van der Waals surface area contributed by atoms with Gasteiger partial charge >= 0.3 is 5.97 Å². The van der Waals surface area contributed by atoms with Crippen molar-refractivity contribution in [3.8, 4) is 0 Å². The maximum absolute atomic E-state index is 10.5. The van der Waals surface area contributed by atoms with E-state index >= 15 is 0 Å². The van der Waals surface area contributed by atoms with Crippen LogP contribution in [0.5, 0.6) is 0 Å². The average molecular weight is 216 g/mol. The molecule has 0 heterocycles. The van der Waals surface area contributed by atoms with E-state index in [0.717, 1.165) is 0 Å². The minimum absolute atomic E-state index is 0.396. The van der Waals surface area contributed by atoms with Crippen molar-refractivity contribution in [1.29, 1.82) is 0 Å². The highest BCUT2D eigenvalue weighted by atomic mass is 35.5. The molecule has 0 saturated carbocycles. The topological polar surface area (TPSA) is 83.6 Å². The molecule has 76 valence electrons. The summed E-state index contributed by atoms with van der Waals surface area (Å²) in [6.45, 7) is 0. The summed E-state index contributed by atoms with van der Waals surface area (Å²) in [6.07, 6.45) is -1.24. The van der Waals surface area contributed by atoms with Crippen LogP contribution in [-0.2, 0) is 4.79 Å². The van der Waals surface area contributed by atoms with Crippen molar-refractivity contribution in [2.75, 3.05) is 0 Å². The van der Waals surface area contributed by atoms with Crippen LogP contribution in [0, 0.1) is 0 Å². The van der Waals surface area contributed by atoms with Crippen LogP contribution in [0.15, 0.2) is 24.3 Å². The number of carbonyl (C=O) groups is 1. The summed E-state index contributed by atoms with van der Waals surface area (Å²) < 4.78 is 0. The highest BCUT2D eigenvalue weighted by Crippen LogP contribution is 2.19. The number of nitrogens with two attached hydrogens (primary N) is 1. The Morgan fingerprint density at radius 3 is 2.64 bits per heavy atom. The van der Waals surface area contributed by atoms with Crippen LogP contribution in [0.3, 0.4) is 0 Å². The third-order valence-electron chi connectivity index (χ3n) is 1.82.